The predicted octanol–water partition coefficient (Wildman–Crippen LogP) is 4.86. The highest BCUT2D eigenvalue weighted by Crippen LogP contribution is 2.46. The number of aliphatic carboxylic acids is 1. The monoisotopic (exact) mass is 372 g/mol. The third-order valence-electron chi connectivity index (χ3n) is 5.04. The smallest absolute Gasteiger partial charge is 0.327 e. The third-order valence-corrected chi connectivity index (χ3v) is 7.39. The van der Waals surface area contributed by atoms with Crippen LogP contribution in [0.1, 0.15) is 51.9 Å². The average Bonchev–Trinajstić information content (AvgIpc) is 3.15. The van der Waals surface area contributed by atoms with Gasteiger partial charge in [0, 0.05) is 17.9 Å². The highest BCUT2D eigenvalue weighted by molar-refractivity contribution is 7.99. The van der Waals surface area contributed by atoms with Gasteiger partial charge < -0.3 is 9.84 Å². The molecule has 0 aromatic rings. The van der Waals surface area contributed by atoms with E-state index in [1.807, 2.05) is 11.8 Å². The summed E-state index contributed by atoms with van der Waals surface area (Å²) in [5.41, 5.74) is 0. The Hall–Kier alpha value is -0.130. The standard InChI is InChI=1S/C19H32O3S2/c1-2-3-4-6-11-23-13-15-16(18-10-9-17(15)22-18)14-24-12-7-5-8-19(20)21/h5,8,15-18H,2-4,6-7,9-14H2,1H3,(H,20,21)/b8-5+/t15-,16+,17-,18+/m1/s1. The molecule has 138 valence electrons. The summed E-state index contributed by atoms with van der Waals surface area (Å²) in [6.07, 6.45) is 12.8. The molecule has 0 aromatic carbocycles. The van der Waals surface area contributed by atoms with Crippen LogP contribution in [0.25, 0.3) is 0 Å². The van der Waals surface area contributed by atoms with E-state index in [2.05, 4.69) is 18.7 Å². The van der Waals surface area contributed by atoms with Gasteiger partial charge in [0.1, 0.15) is 0 Å². The molecule has 2 fully saturated rings. The SMILES string of the molecule is CCCCCCSC[C@@H]1[C@H](CSCC/C=C/C(=O)O)[C@@H]2CC[C@H]1O2. The molecule has 0 radical (unpaired) electrons. The molecule has 4 atom stereocenters. The summed E-state index contributed by atoms with van der Waals surface area (Å²) < 4.78 is 6.18. The highest BCUT2D eigenvalue weighted by Gasteiger charge is 2.48. The Morgan fingerprint density at radius 2 is 1.75 bits per heavy atom. The van der Waals surface area contributed by atoms with Gasteiger partial charge >= 0.3 is 5.97 Å². The Bertz CT molecular complexity index is 400. The molecule has 2 aliphatic rings. The van der Waals surface area contributed by atoms with Crippen molar-refractivity contribution in [3.8, 4) is 0 Å². The minimum Gasteiger partial charge on any atom is -0.478 e. The first-order chi connectivity index (χ1) is 11.7. The van der Waals surface area contributed by atoms with Gasteiger partial charge in [0.05, 0.1) is 12.2 Å². The van der Waals surface area contributed by atoms with E-state index < -0.39 is 5.97 Å². The normalized spacial score (nSPS) is 28.9. The molecule has 1 N–H and O–H groups in total. The molecule has 24 heavy (non-hydrogen) atoms. The number of thioether (sulfide) groups is 2. The first-order valence-electron chi connectivity index (χ1n) is 9.42. The predicted molar refractivity (Wildman–Crippen MR) is 105 cm³/mol. The van der Waals surface area contributed by atoms with E-state index in [1.165, 1.54) is 61.9 Å². The quantitative estimate of drug-likeness (QED) is 0.370. The van der Waals surface area contributed by atoms with Crippen LogP contribution in [0, 0.1) is 11.8 Å². The van der Waals surface area contributed by atoms with Gasteiger partial charge in [0.25, 0.3) is 0 Å². The summed E-state index contributed by atoms with van der Waals surface area (Å²) in [6.45, 7) is 2.26. The van der Waals surface area contributed by atoms with Crippen LogP contribution in [0.5, 0.6) is 0 Å². The zero-order chi connectivity index (χ0) is 17.2. The zero-order valence-electron chi connectivity index (χ0n) is 14.8. The van der Waals surface area contributed by atoms with Gasteiger partial charge in [-0.2, -0.15) is 23.5 Å². The minimum atomic E-state index is -0.850. The highest BCUT2D eigenvalue weighted by atomic mass is 32.2. The number of carboxylic acids is 1. The summed E-state index contributed by atoms with van der Waals surface area (Å²) in [6, 6.07) is 0. The molecular formula is C19H32O3S2. The second-order valence-corrected chi connectivity index (χ2v) is 9.16. The van der Waals surface area contributed by atoms with E-state index in [9.17, 15) is 4.79 Å². The maximum atomic E-state index is 10.4. The lowest BCUT2D eigenvalue weighted by molar-refractivity contribution is -0.131. The number of unbranched alkanes of at least 4 members (excludes halogenated alkanes) is 3. The van der Waals surface area contributed by atoms with Crippen LogP contribution in [-0.2, 0) is 9.53 Å². The van der Waals surface area contributed by atoms with Gasteiger partial charge in [0.15, 0.2) is 0 Å². The van der Waals surface area contributed by atoms with Crippen molar-refractivity contribution >= 4 is 29.5 Å². The summed E-state index contributed by atoms with van der Waals surface area (Å²) in [7, 11) is 0. The Balaban J connectivity index is 1.63. The second-order valence-electron chi connectivity index (χ2n) is 6.86. The fraction of sp³-hybridized carbons (Fsp3) is 0.842. The van der Waals surface area contributed by atoms with Crippen molar-refractivity contribution in [3.05, 3.63) is 12.2 Å². The number of carboxylic acid groups (broad SMARTS) is 1. The average molecular weight is 373 g/mol. The van der Waals surface area contributed by atoms with Crippen molar-refractivity contribution in [2.75, 3.05) is 23.0 Å². The van der Waals surface area contributed by atoms with Gasteiger partial charge in [0.2, 0.25) is 0 Å². The lowest BCUT2D eigenvalue weighted by Gasteiger charge is -2.27. The van der Waals surface area contributed by atoms with E-state index >= 15 is 0 Å². The van der Waals surface area contributed by atoms with E-state index in [-0.39, 0.29) is 0 Å². The van der Waals surface area contributed by atoms with Crippen molar-refractivity contribution < 1.29 is 14.6 Å². The zero-order valence-corrected chi connectivity index (χ0v) is 16.5. The summed E-state index contributed by atoms with van der Waals surface area (Å²) >= 11 is 4.09. The van der Waals surface area contributed by atoms with Crippen LogP contribution < -0.4 is 0 Å². The number of rotatable bonds is 13. The van der Waals surface area contributed by atoms with Crippen molar-refractivity contribution in [2.24, 2.45) is 11.8 Å². The van der Waals surface area contributed by atoms with Crippen LogP contribution in [0.4, 0.5) is 0 Å². The van der Waals surface area contributed by atoms with Gasteiger partial charge in [-0.05, 0) is 48.7 Å². The fourth-order valence-electron chi connectivity index (χ4n) is 3.74. The number of hydrogen-bond acceptors (Lipinski definition) is 4. The Kier molecular flexibility index (Phi) is 9.65. The number of carbonyl (C=O) groups is 1. The van der Waals surface area contributed by atoms with Gasteiger partial charge in [-0.3, -0.25) is 0 Å². The van der Waals surface area contributed by atoms with Gasteiger partial charge in [-0.15, -0.1) is 0 Å². The summed E-state index contributed by atoms with van der Waals surface area (Å²) in [5, 5.41) is 8.59. The maximum absolute atomic E-state index is 10.4. The van der Waals surface area contributed by atoms with Gasteiger partial charge in [-0.1, -0.05) is 32.3 Å². The van der Waals surface area contributed by atoms with E-state index in [1.54, 1.807) is 6.08 Å². The first kappa shape index (κ1) is 20.2. The number of ether oxygens (including phenoxy) is 1. The van der Waals surface area contributed by atoms with E-state index in [0.717, 1.165) is 18.1 Å². The molecule has 2 heterocycles. The van der Waals surface area contributed by atoms with Crippen molar-refractivity contribution in [1.29, 1.82) is 0 Å². The van der Waals surface area contributed by atoms with Crippen LogP contribution in [-0.4, -0.2) is 46.3 Å². The topological polar surface area (TPSA) is 46.5 Å². The summed E-state index contributed by atoms with van der Waals surface area (Å²) in [4.78, 5) is 10.4. The molecule has 0 amide bonds. The molecule has 0 saturated carbocycles. The van der Waals surface area contributed by atoms with Crippen molar-refractivity contribution in [1.82, 2.24) is 0 Å². The molecule has 0 unspecified atom stereocenters. The van der Waals surface area contributed by atoms with E-state index in [0.29, 0.717) is 18.1 Å². The molecular weight excluding hydrogens is 340 g/mol. The Morgan fingerprint density at radius 3 is 2.38 bits per heavy atom. The Labute approximate surface area is 155 Å². The fourth-order valence-corrected chi connectivity index (χ4v) is 6.25. The van der Waals surface area contributed by atoms with Crippen LogP contribution >= 0.6 is 23.5 Å². The van der Waals surface area contributed by atoms with Gasteiger partial charge in [-0.25, -0.2) is 4.79 Å². The number of fused-ring (bicyclic) bond motifs is 2. The van der Waals surface area contributed by atoms with Crippen LogP contribution in [0.3, 0.4) is 0 Å². The van der Waals surface area contributed by atoms with Crippen LogP contribution in [0.15, 0.2) is 12.2 Å². The summed E-state index contributed by atoms with van der Waals surface area (Å²) in [5.74, 6) is 5.34. The largest absolute Gasteiger partial charge is 0.478 e. The Morgan fingerprint density at radius 1 is 1.08 bits per heavy atom. The molecule has 0 aliphatic carbocycles. The molecule has 5 heteroatoms. The van der Waals surface area contributed by atoms with Crippen molar-refractivity contribution in [3.63, 3.8) is 0 Å². The molecule has 0 aromatic heterocycles. The molecule has 2 bridgehead atoms. The minimum absolute atomic E-state index is 0.489. The molecule has 3 nitrogen and oxygen atoms in total. The first-order valence-corrected chi connectivity index (χ1v) is 11.7. The molecule has 2 aliphatic heterocycles. The van der Waals surface area contributed by atoms with Crippen molar-refractivity contribution in [2.45, 2.75) is 64.1 Å². The lowest BCUT2D eigenvalue weighted by atomic mass is 9.81. The van der Waals surface area contributed by atoms with E-state index in [4.69, 9.17) is 9.84 Å². The third kappa shape index (κ3) is 6.64. The molecule has 2 rings (SSSR count). The van der Waals surface area contributed by atoms with Crippen LogP contribution in [0.2, 0.25) is 0 Å². The second kappa shape index (κ2) is 11.5. The number of allylic oxidation sites excluding steroid dienone is 1. The lowest BCUT2D eigenvalue weighted by Crippen LogP contribution is -2.30. The maximum Gasteiger partial charge on any atom is 0.327 e. The molecule has 2 saturated heterocycles. The molecule has 0 spiro atoms. The number of hydrogen-bond donors (Lipinski definition) is 1.